The van der Waals surface area contributed by atoms with E-state index in [9.17, 15) is 0 Å². The lowest BCUT2D eigenvalue weighted by Crippen LogP contribution is -2.48. The van der Waals surface area contributed by atoms with Crippen LogP contribution in [0.15, 0.2) is 0 Å². The van der Waals surface area contributed by atoms with E-state index in [-0.39, 0.29) is 0 Å². The van der Waals surface area contributed by atoms with E-state index in [0.29, 0.717) is 12.1 Å². The number of hydrogen-bond acceptors (Lipinski definition) is 3. The lowest BCUT2D eigenvalue weighted by atomic mass is 9.88. The Balaban J connectivity index is 1.79. The van der Waals surface area contributed by atoms with Gasteiger partial charge in [0.05, 0.1) is 6.10 Å². The van der Waals surface area contributed by atoms with E-state index in [1.807, 2.05) is 7.11 Å². The molecule has 2 rings (SSSR count). The van der Waals surface area contributed by atoms with Crippen LogP contribution >= 0.6 is 0 Å². The molecule has 1 heterocycles. The predicted octanol–water partition coefficient (Wildman–Crippen LogP) is 2.65. The molecule has 1 aliphatic heterocycles. The van der Waals surface area contributed by atoms with Gasteiger partial charge >= 0.3 is 0 Å². The molecular weight excluding hydrogens is 236 g/mol. The monoisotopic (exact) mass is 268 g/mol. The third-order valence-electron chi connectivity index (χ3n) is 4.81. The molecule has 3 atom stereocenters. The van der Waals surface area contributed by atoms with Gasteiger partial charge < -0.3 is 10.1 Å². The minimum atomic E-state index is 0.507. The van der Waals surface area contributed by atoms with Gasteiger partial charge in [-0.25, -0.2) is 0 Å². The molecule has 0 spiro atoms. The highest BCUT2D eigenvalue weighted by atomic mass is 16.5. The molecule has 3 unspecified atom stereocenters. The van der Waals surface area contributed by atoms with Gasteiger partial charge in [-0.05, 0) is 57.5 Å². The van der Waals surface area contributed by atoms with Crippen LogP contribution in [0.25, 0.3) is 0 Å². The van der Waals surface area contributed by atoms with Crippen LogP contribution in [0.3, 0.4) is 0 Å². The summed E-state index contributed by atoms with van der Waals surface area (Å²) in [5.74, 6) is 0.846. The van der Waals surface area contributed by atoms with Gasteiger partial charge in [-0.1, -0.05) is 13.8 Å². The number of ether oxygens (including phenoxy) is 1. The summed E-state index contributed by atoms with van der Waals surface area (Å²) >= 11 is 0. The van der Waals surface area contributed by atoms with E-state index in [2.05, 4.69) is 24.1 Å². The van der Waals surface area contributed by atoms with Crippen molar-refractivity contribution in [3.63, 3.8) is 0 Å². The summed E-state index contributed by atoms with van der Waals surface area (Å²) in [5.41, 5.74) is 0. The normalized spacial score (nSPS) is 33.8. The Hall–Kier alpha value is -0.120. The van der Waals surface area contributed by atoms with Gasteiger partial charge in [-0.2, -0.15) is 0 Å². The fourth-order valence-corrected chi connectivity index (χ4v) is 3.66. The molecule has 2 fully saturated rings. The molecule has 0 aromatic carbocycles. The molecule has 3 heteroatoms. The number of nitrogens with one attached hydrogen (secondary N) is 1. The minimum Gasteiger partial charge on any atom is -0.381 e. The molecule has 19 heavy (non-hydrogen) atoms. The highest BCUT2D eigenvalue weighted by Gasteiger charge is 2.30. The number of hydrogen-bond donors (Lipinski definition) is 1. The number of rotatable bonds is 5. The fourth-order valence-electron chi connectivity index (χ4n) is 3.66. The molecule has 0 aromatic rings. The molecule has 0 bridgehead atoms. The van der Waals surface area contributed by atoms with Crippen molar-refractivity contribution in [1.29, 1.82) is 0 Å². The van der Waals surface area contributed by atoms with Crippen LogP contribution in [0.5, 0.6) is 0 Å². The van der Waals surface area contributed by atoms with Gasteiger partial charge in [0.1, 0.15) is 0 Å². The molecule has 1 N–H and O–H groups in total. The van der Waals surface area contributed by atoms with Crippen molar-refractivity contribution in [2.75, 3.05) is 26.7 Å². The van der Waals surface area contributed by atoms with Crippen molar-refractivity contribution in [3.8, 4) is 0 Å². The predicted molar refractivity (Wildman–Crippen MR) is 80.5 cm³/mol. The average molecular weight is 268 g/mol. The Kier molecular flexibility index (Phi) is 6.11. The lowest BCUT2D eigenvalue weighted by Gasteiger charge is -2.41. The van der Waals surface area contributed by atoms with Gasteiger partial charge in [-0.3, -0.25) is 4.90 Å². The highest BCUT2D eigenvalue weighted by Crippen LogP contribution is 2.28. The first-order valence-electron chi connectivity index (χ1n) is 8.19. The summed E-state index contributed by atoms with van der Waals surface area (Å²) in [5, 5.41) is 3.61. The van der Waals surface area contributed by atoms with Crippen molar-refractivity contribution in [1.82, 2.24) is 10.2 Å². The molecule has 1 saturated heterocycles. The largest absolute Gasteiger partial charge is 0.381 e. The van der Waals surface area contributed by atoms with Crippen LogP contribution in [0, 0.1) is 5.92 Å². The molecule has 1 saturated carbocycles. The SMILES string of the molecule is COC1CCCC(N2CCCC(CNC(C)C)C2)C1. The maximum Gasteiger partial charge on any atom is 0.0586 e. The molecule has 3 nitrogen and oxygen atoms in total. The second kappa shape index (κ2) is 7.61. The lowest BCUT2D eigenvalue weighted by molar-refractivity contribution is 0.0149. The minimum absolute atomic E-state index is 0.507. The number of nitrogens with zero attached hydrogens (tertiary/aromatic N) is 1. The van der Waals surface area contributed by atoms with Crippen molar-refractivity contribution >= 4 is 0 Å². The molecule has 1 aliphatic carbocycles. The van der Waals surface area contributed by atoms with Crippen molar-refractivity contribution in [2.45, 2.75) is 70.6 Å². The van der Waals surface area contributed by atoms with Crippen LogP contribution < -0.4 is 5.32 Å². The molecule has 112 valence electrons. The number of piperidine rings is 1. The molecule has 0 amide bonds. The average Bonchev–Trinajstić information content (AvgIpc) is 2.45. The van der Waals surface area contributed by atoms with Gasteiger partial charge in [0.25, 0.3) is 0 Å². The fraction of sp³-hybridized carbons (Fsp3) is 1.00. The molecule has 0 aromatic heterocycles. The third kappa shape index (κ3) is 4.73. The maximum atomic E-state index is 5.58. The van der Waals surface area contributed by atoms with Gasteiger partial charge in [0.15, 0.2) is 0 Å². The summed E-state index contributed by atoms with van der Waals surface area (Å²) in [7, 11) is 1.87. The van der Waals surface area contributed by atoms with Crippen LogP contribution in [0.1, 0.15) is 52.4 Å². The Bertz CT molecular complexity index is 257. The Labute approximate surface area is 119 Å². The topological polar surface area (TPSA) is 24.5 Å². The first kappa shape index (κ1) is 15.3. The first-order valence-corrected chi connectivity index (χ1v) is 8.19. The third-order valence-corrected chi connectivity index (χ3v) is 4.81. The van der Waals surface area contributed by atoms with E-state index >= 15 is 0 Å². The standard InChI is InChI=1S/C16H32N2O/c1-13(2)17-11-14-6-5-9-18(12-14)15-7-4-8-16(10-15)19-3/h13-17H,4-12H2,1-3H3. The van der Waals surface area contributed by atoms with E-state index in [1.165, 1.54) is 58.2 Å². The van der Waals surface area contributed by atoms with Gasteiger partial charge in [0.2, 0.25) is 0 Å². The van der Waals surface area contributed by atoms with Gasteiger partial charge in [-0.15, -0.1) is 0 Å². The van der Waals surface area contributed by atoms with Crippen molar-refractivity contribution < 1.29 is 4.74 Å². The number of methoxy groups -OCH3 is 1. The first-order chi connectivity index (χ1) is 9.19. The van der Waals surface area contributed by atoms with Crippen LogP contribution in [-0.4, -0.2) is 49.8 Å². The molecule has 2 aliphatic rings. The zero-order chi connectivity index (χ0) is 13.7. The van der Waals surface area contributed by atoms with E-state index in [0.717, 1.165) is 12.0 Å². The van der Waals surface area contributed by atoms with E-state index < -0.39 is 0 Å². The van der Waals surface area contributed by atoms with Crippen LogP contribution in [0.2, 0.25) is 0 Å². The summed E-state index contributed by atoms with van der Waals surface area (Å²) < 4.78 is 5.58. The van der Waals surface area contributed by atoms with Crippen molar-refractivity contribution in [3.05, 3.63) is 0 Å². The second-order valence-electron chi connectivity index (χ2n) is 6.74. The van der Waals surface area contributed by atoms with Crippen LogP contribution in [-0.2, 0) is 4.74 Å². The molecule has 0 radical (unpaired) electrons. The summed E-state index contributed by atoms with van der Waals surface area (Å²) in [6.45, 7) is 8.27. The zero-order valence-electron chi connectivity index (χ0n) is 13.0. The quantitative estimate of drug-likeness (QED) is 0.829. The highest BCUT2D eigenvalue weighted by molar-refractivity contribution is 4.85. The maximum absolute atomic E-state index is 5.58. The van der Waals surface area contributed by atoms with E-state index in [1.54, 1.807) is 0 Å². The number of likely N-dealkylation sites (tertiary alicyclic amines) is 1. The summed E-state index contributed by atoms with van der Waals surface area (Å²) in [4.78, 5) is 2.75. The Morgan fingerprint density at radius 3 is 2.79 bits per heavy atom. The summed E-state index contributed by atoms with van der Waals surface area (Å²) in [6.07, 6.45) is 8.52. The van der Waals surface area contributed by atoms with E-state index in [4.69, 9.17) is 4.74 Å². The zero-order valence-corrected chi connectivity index (χ0v) is 13.0. The Morgan fingerprint density at radius 2 is 2.05 bits per heavy atom. The van der Waals surface area contributed by atoms with Gasteiger partial charge in [0, 0.05) is 25.7 Å². The van der Waals surface area contributed by atoms with Crippen LogP contribution in [0.4, 0.5) is 0 Å². The Morgan fingerprint density at radius 1 is 1.21 bits per heavy atom. The smallest absolute Gasteiger partial charge is 0.0586 e. The van der Waals surface area contributed by atoms with Crippen molar-refractivity contribution in [2.24, 2.45) is 5.92 Å². The summed E-state index contributed by atoms with van der Waals surface area (Å²) in [6, 6.07) is 1.39. The second-order valence-corrected chi connectivity index (χ2v) is 6.74. The molecular formula is C16H32N2O.